The molecule has 0 bridgehead atoms. The minimum atomic E-state index is -0.776. The third-order valence-corrected chi connectivity index (χ3v) is 15.2. The summed E-state index contributed by atoms with van der Waals surface area (Å²) < 4.78 is 11.8. The Morgan fingerprint density at radius 1 is 1.02 bits per heavy atom. The number of hydrogen-bond donors (Lipinski definition) is 1. The number of nitrogens with one attached hydrogen (secondary N) is 1. The number of benzene rings is 1. The highest BCUT2D eigenvalue weighted by Crippen LogP contribution is 2.70. The molecule has 7 rings (SSSR count). The molecule has 296 valence electrons. The number of ether oxygens (including phenoxy) is 2. The molecular formula is C44H63N4O6-. The third-order valence-electron chi connectivity index (χ3n) is 15.2. The molecule has 54 heavy (non-hydrogen) atoms. The van der Waals surface area contributed by atoms with Gasteiger partial charge in [-0.1, -0.05) is 60.3 Å². The third kappa shape index (κ3) is 6.86. The summed E-state index contributed by atoms with van der Waals surface area (Å²) in [7, 11) is 1.59. The molecule has 1 N–H and O–H groups in total. The number of fused-ring (bicyclic) bond motifs is 1. The number of methoxy groups -OCH3 is 1. The first-order chi connectivity index (χ1) is 25.7. The first-order valence-corrected chi connectivity index (χ1v) is 21.0. The maximum absolute atomic E-state index is 14.9. The number of Topliss-reactive ketones (excluding diaryl/α,β-unsaturated/α-hetero) is 1. The Kier molecular flexibility index (Phi) is 10.5. The second-order valence-electron chi connectivity index (χ2n) is 18.9. The zero-order valence-electron chi connectivity index (χ0n) is 33.8. The fourth-order valence-electron chi connectivity index (χ4n) is 11.4. The summed E-state index contributed by atoms with van der Waals surface area (Å²) in [6.07, 6.45) is 14.0. The lowest BCUT2D eigenvalue weighted by Crippen LogP contribution is -2.60. The van der Waals surface area contributed by atoms with Crippen molar-refractivity contribution in [3.8, 4) is 11.6 Å². The number of likely N-dealkylation sites (tertiary alicyclic amines) is 1. The first-order valence-electron chi connectivity index (χ1n) is 21.0. The monoisotopic (exact) mass is 743 g/mol. The fourth-order valence-corrected chi connectivity index (χ4v) is 11.4. The molecule has 5 fully saturated rings. The molecule has 2 amide bonds. The standard InChI is InChI=1S/C44H64N4O6/c1-27(2)35(49)37-43(25-28(43)3)22-23-48(37)39(51)36(41(4,5)29-14-9-8-10-15-29)47-40(52)54-42(6)20-13-21-44(42)26-30(44)16-11-12-17-33-38(50)46-34-24-31(53-7)18-19-32(34)45-33/h18-19,24,27-30,36-37H,8-17,20-23,25-26H2,1-7H3,(H,46,50)(H,47,52)/p-1/t28-,30?,36?,37-,42?,43?,44?/m1/s1. The van der Waals surface area contributed by atoms with Gasteiger partial charge in [-0.15, -0.1) is 0 Å². The van der Waals surface area contributed by atoms with Crippen LogP contribution in [-0.4, -0.2) is 64.0 Å². The number of hydrogen-bond acceptors (Lipinski definition) is 8. The summed E-state index contributed by atoms with van der Waals surface area (Å²) in [5.41, 5.74) is 0.427. The Morgan fingerprint density at radius 2 is 1.76 bits per heavy atom. The maximum Gasteiger partial charge on any atom is 0.408 e. The van der Waals surface area contributed by atoms with E-state index < -0.39 is 29.2 Å². The quantitative estimate of drug-likeness (QED) is 0.205. The van der Waals surface area contributed by atoms with Gasteiger partial charge in [-0.25, -0.2) is 4.79 Å². The molecule has 5 aliphatic rings. The van der Waals surface area contributed by atoms with Crippen LogP contribution < -0.4 is 15.2 Å². The molecule has 2 heterocycles. The van der Waals surface area contributed by atoms with Crippen molar-refractivity contribution in [3.63, 3.8) is 0 Å². The Hall–Kier alpha value is -3.43. The number of aromatic nitrogens is 2. The van der Waals surface area contributed by atoms with Gasteiger partial charge in [-0.3, -0.25) is 19.6 Å². The van der Waals surface area contributed by atoms with Crippen LogP contribution >= 0.6 is 0 Å². The number of alkyl carbamates (subject to hydrolysis) is 1. The van der Waals surface area contributed by atoms with E-state index in [-0.39, 0.29) is 34.3 Å². The maximum atomic E-state index is 14.9. The van der Waals surface area contributed by atoms with Gasteiger partial charge in [-0.2, -0.15) is 0 Å². The van der Waals surface area contributed by atoms with Gasteiger partial charge in [0, 0.05) is 35.2 Å². The molecule has 4 aliphatic carbocycles. The largest absolute Gasteiger partial charge is 0.857 e. The van der Waals surface area contributed by atoms with Crippen molar-refractivity contribution in [1.82, 2.24) is 20.2 Å². The molecule has 10 heteroatoms. The van der Waals surface area contributed by atoms with Gasteiger partial charge in [0.05, 0.1) is 29.9 Å². The van der Waals surface area contributed by atoms with Gasteiger partial charge in [0.2, 0.25) is 5.91 Å². The number of aryl methyl sites for hydroxylation is 1. The molecule has 1 aromatic carbocycles. The molecule has 10 nitrogen and oxygen atoms in total. The molecule has 5 unspecified atom stereocenters. The highest BCUT2D eigenvalue weighted by atomic mass is 16.6. The molecule has 1 aromatic heterocycles. The number of carbonyl (C=O) groups is 3. The van der Waals surface area contributed by atoms with Crippen LogP contribution in [0.15, 0.2) is 18.2 Å². The summed E-state index contributed by atoms with van der Waals surface area (Å²) in [5, 5.41) is 15.9. The number of rotatable bonds is 13. The van der Waals surface area contributed by atoms with E-state index in [1.54, 1.807) is 13.2 Å². The van der Waals surface area contributed by atoms with Crippen molar-refractivity contribution in [1.29, 1.82) is 0 Å². The molecule has 7 atom stereocenters. The van der Waals surface area contributed by atoms with Crippen molar-refractivity contribution in [2.75, 3.05) is 13.7 Å². The van der Waals surface area contributed by atoms with E-state index >= 15 is 0 Å². The van der Waals surface area contributed by atoms with Crippen molar-refractivity contribution >= 4 is 28.8 Å². The lowest BCUT2D eigenvalue weighted by atomic mass is 9.66. The number of unbranched alkanes of at least 4 members (excludes halogenated alkanes) is 1. The van der Waals surface area contributed by atoms with Gasteiger partial charge in [0.1, 0.15) is 17.4 Å². The van der Waals surface area contributed by atoms with E-state index in [1.807, 2.05) is 30.9 Å². The number of carbonyl (C=O) groups excluding carboxylic acids is 3. The molecule has 0 radical (unpaired) electrons. The molecule has 1 saturated heterocycles. The van der Waals surface area contributed by atoms with Crippen molar-refractivity contribution in [2.45, 2.75) is 156 Å². The van der Waals surface area contributed by atoms with E-state index in [2.05, 4.69) is 43.0 Å². The average Bonchev–Trinajstić information content (AvgIpc) is 3.93. The van der Waals surface area contributed by atoms with E-state index in [9.17, 15) is 19.5 Å². The van der Waals surface area contributed by atoms with E-state index in [1.165, 1.54) is 6.42 Å². The van der Waals surface area contributed by atoms with Crippen LogP contribution in [0.1, 0.15) is 137 Å². The Morgan fingerprint density at radius 3 is 2.44 bits per heavy atom. The van der Waals surface area contributed by atoms with Gasteiger partial charge in [0.15, 0.2) is 5.78 Å². The topological polar surface area (TPSA) is 134 Å². The lowest BCUT2D eigenvalue weighted by Gasteiger charge is -2.44. The second kappa shape index (κ2) is 14.6. The smallest absolute Gasteiger partial charge is 0.408 e. The van der Waals surface area contributed by atoms with Crippen LogP contribution in [-0.2, 0) is 20.7 Å². The Bertz CT molecular complexity index is 1760. The van der Waals surface area contributed by atoms with Gasteiger partial charge < -0.3 is 24.8 Å². The Balaban J connectivity index is 1.01. The van der Waals surface area contributed by atoms with Crippen LogP contribution in [0.25, 0.3) is 11.0 Å². The first kappa shape index (κ1) is 38.8. The normalized spacial score (nSPS) is 31.3. The number of amides is 2. The Labute approximate surface area is 321 Å². The number of nitrogens with zero attached hydrogens (tertiary/aromatic N) is 3. The summed E-state index contributed by atoms with van der Waals surface area (Å²) in [6.45, 7) is 13.0. The average molecular weight is 744 g/mol. The second-order valence-corrected chi connectivity index (χ2v) is 18.9. The summed E-state index contributed by atoms with van der Waals surface area (Å²) >= 11 is 0. The SMILES string of the molecule is COc1ccc2nc(CCCCC3CC34CCCC4(C)OC(=O)NC(C(=O)N3CCC4(C[C@H]4C)[C@H]3C(=O)C(C)C)C(C)(C)C3CCCCC3)c([O-])nc2c1. The summed E-state index contributed by atoms with van der Waals surface area (Å²) in [4.78, 5) is 53.5. The van der Waals surface area contributed by atoms with Gasteiger partial charge >= 0.3 is 6.09 Å². The predicted octanol–water partition coefficient (Wildman–Crippen LogP) is 7.93. The lowest BCUT2D eigenvalue weighted by molar-refractivity contribution is -0.276. The highest BCUT2D eigenvalue weighted by molar-refractivity contribution is 5.95. The van der Waals surface area contributed by atoms with E-state index in [0.29, 0.717) is 53.2 Å². The van der Waals surface area contributed by atoms with Crippen molar-refractivity contribution < 1.29 is 29.0 Å². The zero-order chi connectivity index (χ0) is 38.6. The predicted molar refractivity (Wildman–Crippen MR) is 206 cm³/mol. The minimum Gasteiger partial charge on any atom is -0.857 e. The van der Waals surface area contributed by atoms with Crippen molar-refractivity contribution in [3.05, 3.63) is 23.9 Å². The molecule has 1 aliphatic heterocycles. The van der Waals surface area contributed by atoms with Crippen LogP contribution in [0.3, 0.4) is 0 Å². The summed E-state index contributed by atoms with van der Waals surface area (Å²) in [6, 6.07) is 4.20. The molecule has 2 spiro atoms. The van der Waals surface area contributed by atoms with E-state index in [4.69, 9.17) is 9.47 Å². The van der Waals surface area contributed by atoms with Crippen molar-refractivity contribution in [2.24, 2.45) is 39.9 Å². The van der Waals surface area contributed by atoms with Crippen LogP contribution in [0.4, 0.5) is 4.79 Å². The zero-order valence-corrected chi connectivity index (χ0v) is 33.8. The number of ketones is 1. The van der Waals surface area contributed by atoms with Crippen LogP contribution in [0.5, 0.6) is 11.6 Å². The molecule has 4 saturated carbocycles. The van der Waals surface area contributed by atoms with Gasteiger partial charge in [-0.05, 0) is 113 Å². The van der Waals surface area contributed by atoms with E-state index in [0.717, 1.165) is 83.5 Å². The van der Waals surface area contributed by atoms with Crippen LogP contribution in [0.2, 0.25) is 0 Å². The summed E-state index contributed by atoms with van der Waals surface area (Å²) in [5.74, 6) is 1.37. The molecule has 2 aromatic rings. The fraction of sp³-hybridized carbons (Fsp3) is 0.750. The minimum absolute atomic E-state index is 0.0630. The molecular weight excluding hydrogens is 681 g/mol. The van der Waals surface area contributed by atoms with Gasteiger partial charge in [0.25, 0.3) is 0 Å². The highest BCUT2D eigenvalue weighted by Gasteiger charge is 2.68. The van der Waals surface area contributed by atoms with Crippen LogP contribution in [0, 0.1) is 39.9 Å².